The molecule has 0 saturated heterocycles. The Morgan fingerprint density at radius 1 is 1.40 bits per heavy atom. The van der Waals surface area contributed by atoms with Crippen molar-refractivity contribution in [3.63, 3.8) is 0 Å². The molecule has 0 aliphatic heterocycles. The van der Waals surface area contributed by atoms with E-state index in [4.69, 9.17) is 4.74 Å². The summed E-state index contributed by atoms with van der Waals surface area (Å²) in [6.07, 6.45) is -0.173. The zero-order valence-corrected chi connectivity index (χ0v) is 14.3. The standard InChI is InChI=1S/C13H21BrN2O3S/c1-4-15-9-11-5-6-12(14)13(7-11)20(17,18)16-8-10(2)19-3/h5-7,10,15-16H,4,8-9H2,1-3H3. The first-order chi connectivity index (χ1) is 9.40. The molecule has 0 aliphatic carbocycles. The third-order valence-corrected chi connectivity index (χ3v) is 5.24. The summed E-state index contributed by atoms with van der Waals surface area (Å²) in [6, 6.07) is 5.32. The van der Waals surface area contributed by atoms with Crippen LogP contribution in [-0.2, 0) is 21.3 Å². The van der Waals surface area contributed by atoms with Gasteiger partial charge in [-0.05, 0) is 47.1 Å². The lowest BCUT2D eigenvalue weighted by Crippen LogP contribution is -2.32. The second-order valence-corrected chi connectivity index (χ2v) is 7.03. The van der Waals surface area contributed by atoms with Crippen molar-refractivity contribution in [1.82, 2.24) is 10.0 Å². The molecule has 20 heavy (non-hydrogen) atoms. The summed E-state index contributed by atoms with van der Waals surface area (Å²) in [7, 11) is -2.00. The second-order valence-electron chi connectivity index (χ2n) is 4.44. The molecule has 0 fully saturated rings. The van der Waals surface area contributed by atoms with Crippen LogP contribution >= 0.6 is 15.9 Å². The zero-order valence-electron chi connectivity index (χ0n) is 11.9. The van der Waals surface area contributed by atoms with E-state index in [1.807, 2.05) is 13.0 Å². The third kappa shape index (κ3) is 5.14. The highest BCUT2D eigenvalue weighted by Crippen LogP contribution is 2.23. The van der Waals surface area contributed by atoms with E-state index in [1.54, 1.807) is 26.2 Å². The van der Waals surface area contributed by atoms with Crippen molar-refractivity contribution in [1.29, 1.82) is 0 Å². The molecule has 7 heteroatoms. The van der Waals surface area contributed by atoms with Gasteiger partial charge in [-0.1, -0.05) is 13.0 Å². The minimum Gasteiger partial charge on any atom is -0.380 e. The predicted octanol–water partition coefficient (Wildman–Crippen LogP) is 1.87. The molecule has 1 atom stereocenters. The Morgan fingerprint density at radius 2 is 2.10 bits per heavy atom. The first kappa shape index (κ1) is 17.6. The quantitative estimate of drug-likeness (QED) is 0.738. The van der Waals surface area contributed by atoms with E-state index < -0.39 is 10.0 Å². The molecule has 0 radical (unpaired) electrons. The maximum atomic E-state index is 12.3. The summed E-state index contributed by atoms with van der Waals surface area (Å²) in [5.74, 6) is 0. The molecule has 0 heterocycles. The van der Waals surface area contributed by atoms with E-state index in [9.17, 15) is 8.42 Å². The summed E-state index contributed by atoms with van der Waals surface area (Å²) >= 11 is 3.29. The average molecular weight is 365 g/mol. The van der Waals surface area contributed by atoms with Crippen molar-refractivity contribution in [2.24, 2.45) is 0 Å². The number of rotatable bonds is 8. The Bertz CT molecular complexity index is 534. The van der Waals surface area contributed by atoms with E-state index in [2.05, 4.69) is 26.0 Å². The maximum Gasteiger partial charge on any atom is 0.241 e. The second kappa shape index (κ2) is 8.09. The van der Waals surface area contributed by atoms with Crippen LogP contribution in [0.2, 0.25) is 0 Å². The summed E-state index contributed by atoms with van der Waals surface area (Å²) in [6.45, 7) is 5.52. The van der Waals surface area contributed by atoms with Gasteiger partial charge >= 0.3 is 0 Å². The molecule has 0 saturated carbocycles. The Hall–Kier alpha value is -0.470. The van der Waals surface area contributed by atoms with E-state index in [0.717, 1.165) is 12.1 Å². The lowest BCUT2D eigenvalue weighted by atomic mass is 10.2. The Balaban J connectivity index is 2.92. The average Bonchev–Trinajstić information content (AvgIpc) is 2.43. The minimum atomic E-state index is -3.55. The number of methoxy groups -OCH3 is 1. The van der Waals surface area contributed by atoms with Crippen LogP contribution in [0.3, 0.4) is 0 Å². The van der Waals surface area contributed by atoms with Crippen LogP contribution in [0.1, 0.15) is 19.4 Å². The number of halogens is 1. The fourth-order valence-electron chi connectivity index (χ4n) is 1.52. The van der Waals surface area contributed by atoms with E-state index in [0.29, 0.717) is 11.0 Å². The van der Waals surface area contributed by atoms with Crippen molar-refractivity contribution in [3.05, 3.63) is 28.2 Å². The normalized spacial score (nSPS) is 13.4. The van der Waals surface area contributed by atoms with Crippen LogP contribution in [-0.4, -0.2) is 34.7 Å². The first-order valence-corrected chi connectivity index (χ1v) is 8.70. The number of nitrogens with one attached hydrogen (secondary N) is 2. The highest BCUT2D eigenvalue weighted by atomic mass is 79.9. The molecule has 2 N–H and O–H groups in total. The number of hydrogen-bond donors (Lipinski definition) is 2. The summed E-state index contributed by atoms with van der Waals surface area (Å²) in [5, 5.41) is 3.17. The summed E-state index contributed by atoms with van der Waals surface area (Å²) < 4.78 is 32.7. The number of benzene rings is 1. The van der Waals surface area contributed by atoms with Gasteiger partial charge in [0.2, 0.25) is 10.0 Å². The van der Waals surface area contributed by atoms with Gasteiger partial charge in [0.15, 0.2) is 0 Å². The molecule has 0 bridgehead atoms. The molecule has 1 aromatic carbocycles. The van der Waals surface area contributed by atoms with Crippen molar-refractivity contribution in [3.8, 4) is 0 Å². The van der Waals surface area contributed by atoms with Crippen LogP contribution in [0.4, 0.5) is 0 Å². The van der Waals surface area contributed by atoms with Crippen LogP contribution in [0.25, 0.3) is 0 Å². The maximum absolute atomic E-state index is 12.3. The Kier molecular flexibility index (Phi) is 7.11. The van der Waals surface area contributed by atoms with Crippen LogP contribution < -0.4 is 10.0 Å². The van der Waals surface area contributed by atoms with Crippen LogP contribution in [0.5, 0.6) is 0 Å². The zero-order chi connectivity index (χ0) is 15.2. The van der Waals surface area contributed by atoms with Gasteiger partial charge < -0.3 is 10.1 Å². The van der Waals surface area contributed by atoms with Crippen LogP contribution in [0, 0.1) is 0 Å². The third-order valence-electron chi connectivity index (χ3n) is 2.83. The monoisotopic (exact) mass is 364 g/mol. The smallest absolute Gasteiger partial charge is 0.241 e. The largest absolute Gasteiger partial charge is 0.380 e. The molecular weight excluding hydrogens is 344 g/mol. The minimum absolute atomic E-state index is 0.173. The Morgan fingerprint density at radius 3 is 2.70 bits per heavy atom. The van der Waals surface area contributed by atoms with Crippen molar-refractivity contribution < 1.29 is 13.2 Å². The van der Waals surface area contributed by atoms with Gasteiger partial charge in [-0.25, -0.2) is 13.1 Å². The van der Waals surface area contributed by atoms with E-state index >= 15 is 0 Å². The van der Waals surface area contributed by atoms with Crippen molar-refractivity contribution in [2.45, 2.75) is 31.4 Å². The molecule has 5 nitrogen and oxygen atoms in total. The van der Waals surface area contributed by atoms with Gasteiger partial charge in [0.25, 0.3) is 0 Å². The molecule has 1 aromatic rings. The van der Waals surface area contributed by atoms with Gasteiger partial charge in [0.05, 0.1) is 11.0 Å². The molecule has 114 valence electrons. The molecule has 0 aromatic heterocycles. The molecule has 1 rings (SSSR count). The highest BCUT2D eigenvalue weighted by Gasteiger charge is 2.18. The molecule has 0 aliphatic rings. The lowest BCUT2D eigenvalue weighted by molar-refractivity contribution is 0.122. The van der Waals surface area contributed by atoms with Gasteiger partial charge in [-0.15, -0.1) is 0 Å². The SMILES string of the molecule is CCNCc1ccc(Br)c(S(=O)(=O)NCC(C)OC)c1. The first-order valence-electron chi connectivity index (χ1n) is 6.42. The predicted molar refractivity (Wildman–Crippen MR) is 83.2 cm³/mol. The van der Waals surface area contributed by atoms with Gasteiger partial charge in [0.1, 0.15) is 0 Å². The van der Waals surface area contributed by atoms with Gasteiger partial charge in [-0.2, -0.15) is 0 Å². The summed E-state index contributed by atoms with van der Waals surface area (Å²) in [4.78, 5) is 0.246. The Labute approximate surface area is 129 Å². The van der Waals surface area contributed by atoms with E-state index in [-0.39, 0.29) is 17.5 Å². The summed E-state index contributed by atoms with van der Waals surface area (Å²) in [5.41, 5.74) is 0.926. The van der Waals surface area contributed by atoms with E-state index in [1.165, 1.54) is 0 Å². The number of hydrogen-bond acceptors (Lipinski definition) is 4. The highest BCUT2D eigenvalue weighted by molar-refractivity contribution is 9.10. The molecule has 1 unspecified atom stereocenters. The van der Waals surface area contributed by atoms with Gasteiger partial charge in [-0.3, -0.25) is 0 Å². The van der Waals surface area contributed by atoms with Gasteiger partial charge in [0, 0.05) is 24.7 Å². The van der Waals surface area contributed by atoms with Crippen molar-refractivity contribution >= 4 is 26.0 Å². The molecule has 0 spiro atoms. The number of sulfonamides is 1. The van der Waals surface area contributed by atoms with Crippen molar-refractivity contribution in [2.75, 3.05) is 20.2 Å². The molecule has 0 amide bonds. The molecular formula is C13H21BrN2O3S. The fourth-order valence-corrected chi connectivity index (χ4v) is 3.65. The fraction of sp³-hybridized carbons (Fsp3) is 0.538. The number of ether oxygens (including phenoxy) is 1. The lowest BCUT2D eigenvalue weighted by Gasteiger charge is -2.13. The topological polar surface area (TPSA) is 67.4 Å². The van der Waals surface area contributed by atoms with Crippen LogP contribution in [0.15, 0.2) is 27.6 Å².